The Morgan fingerprint density at radius 2 is 1.58 bits per heavy atom. The fraction of sp³-hybridized carbons (Fsp3) is 0.667. The van der Waals surface area contributed by atoms with Crippen LogP contribution in [-0.4, -0.2) is 82.1 Å². The lowest BCUT2D eigenvalue weighted by Gasteiger charge is -2.47. The largest absolute Gasteiger partial charge is 0.511 e. The lowest BCUT2D eigenvalue weighted by Crippen LogP contribution is -2.70. The van der Waals surface area contributed by atoms with Gasteiger partial charge in [0.15, 0.2) is 17.7 Å². The number of esters is 3. The molecule has 5 atom stereocenters. The number of nitrogens with zero attached hydrogens (tertiary/aromatic N) is 1. The van der Waals surface area contributed by atoms with E-state index in [0.717, 1.165) is 27.7 Å². The first-order valence-corrected chi connectivity index (χ1v) is 11.4. The Kier molecular flexibility index (Phi) is 8.79. The Morgan fingerprint density at radius 3 is 2.06 bits per heavy atom. The summed E-state index contributed by atoms with van der Waals surface area (Å²) in [5, 5.41) is 22.0. The molecule has 0 bridgehead atoms. The van der Waals surface area contributed by atoms with Crippen molar-refractivity contribution >= 4 is 35.2 Å². The maximum absolute atomic E-state index is 13.1. The van der Waals surface area contributed by atoms with Gasteiger partial charge in [0.1, 0.15) is 24.6 Å². The number of carbonyl (C=O) groups excluding carboxylic acids is 5. The molecule has 1 saturated heterocycles. The second-order valence-corrected chi connectivity index (χ2v) is 9.78. The van der Waals surface area contributed by atoms with Gasteiger partial charge in [-0.15, -0.1) is 0 Å². The van der Waals surface area contributed by atoms with Gasteiger partial charge in [0.25, 0.3) is 0 Å². The third-order valence-electron chi connectivity index (χ3n) is 5.94. The summed E-state index contributed by atoms with van der Waals surface area (Å²) in [4.78, 5) is 65.3. The SMILES string of the molecule is CC(=O)OC[C@H]1O[C@H](OC(C)=O)[C@](N=C(C)C2=C(O)CC(C)(C)CC2=O)(C(C)=O)[C@@H](O)[C@@H]1OC(C)=O. The monoisotopic (exact) mass is 511 g/mol. The Hall–Kier alpha value is -3.12. The molecule has 1 fully saturated rings. The molecule has 12 heteroatoms. The quantitative estimate of drug-likeness (QED) is 0.285. The minimum absolute atomic E-state index is 0.0965. The molecule has 12 nitrogen and oxygen atoms in total. The van der Waals surface area contributed by atoms with E-state index < -0.39 is 71.6 Å². The summed E-state index contributed by atoms with van der Waals surface area (Å²) in [7, 11) is 0. The zero-order valence-corrected chi connectivity index (χ0v) is 21.4. The first kappa shape index (κ1) is 29.1. The molecule has 2 rings (SSSR count). The summed E-state index contributed by atoms with van der Waals surface area (Å²) in [6, 6.07) is 0. The topological polar surface area (TPSA) is 175 Å². The molecule has 1 aliphatic carbocycles. The van der Waals surface area contributed by atoms with Gasteiger partial charge in [-0.25, -0.2) is 0 Å². The molecule has 0 aromatic rings. The summed E-state index contributed by atoms with van der Waals surface area (Å²) in [5.41, 5.74) is -3.12. The van der Waals surface area contributed by atoms with Crippen molar-refractivity contribution in [2.75, 3.05) is 6.61 Å². The summed E-state index contributed by atoms with van der Waals surface area (Å²) in [6.45, 7) is 8.75. The number of rotatable bonds is 7. The van der Waals surface area contributed by atoms with Gasteiger partial charge < -0.3 is 29.2 Å². The standard InChI is InChI=1S/C24H33NO11/c1-11(19-16(30)8-23(6,7)9-17(19)31)25-24(12(2)26)21(32)20(34-14(4)28)18(10-33-13(3)27)36-22(24)35-15(5)29/h18,20-22,30,32H,8-10H2,1-7H3/t18-,20-,21+,22+,24+/m1/s1. The van der Waals surface area contributed by atoms with Crippen LogP contribution < -0.4 is 0 Å². The lowest BCUT2D eigenvalue weighted by atomic mass is 9.75. The molecule has 0 amide bonds. The van der Waals surface area contributed by atoms with E-state index >= 15 is 0 Å². The van der Waals surface area contributed by atoms with Crippen molar-refractivity contribution in [2.45, 2.75) is 91.4 Å². The van der Waals surface area contributed by atoms with Crippen molar-refractivity contribution in [1.29, 1.82) is 0 Å². The first-order valence-electron chi connectivity index (χ1n) is 11.4. The van der Waals surface area contributed by atoms with Gasteiger partial charge in [-0.3, -0.25) is 29.0 Å². The second-order valence-electron chi connectivity index (χ2n) is 9.78. The molecule has 200 valence electrons. The van der Waals surface area contributed by atoms with Crippen molar-refractivity contribution in [3.63, 3.8) is 0 Å². The Bertz CT molecular complexity index is 1010. The molecule has 0 aromatic carbocycles. The summed E-state index contributed by atoms with van der Waals surface area (Å²) in [5.74, 6) is -3.94. The molecule has 2 aliphatic rings. The molecular weight excluding hydrogens is 478 g/mol. The highest BCUT2D eigenvalue weighted by Gasteiger charge is 2.62. The number of Topliss-reactive ketones (excluding diaryl/α,β-unsaturated/α-hetero) is 2. The molecule has 2 N–H and O–H groups in total. The van der Waals surface area contributed by atoms with Crippen LogP contribution in [0.15, 0.2) is 16.3 Å². The van der Waals surface area contributed by atoms with Gasteiger partial charge in [-0.1, -0.05) is 13.8 Å². The normalized spacial score (nSPS) is 30.4. The molecule has 0 radical (unpaired) electrons. The molecule has 36 heavy (non-hydrogen) atoms. The molecule has 0 unspecified atom stereocenters. The highest BCUT2D eigenvalue weighted by Crippen LogP contribution is 2.40. The van der Waals surface area contributed by atoms with Crippen LogP contribution in [0.3, 0.4) is 0 Å². The van der Waals surface area contributed by atoms with Crippen LogP contribution in [0.4, 0.5) is 0 Å². The number of ketones is 2. The van der Waals surface area contributed by atoms with Crippen molar-refractivity contribution < 1.29 is 53.1 Å². The smallest absolute Gasteiger partial charge is 0.305 e. The van der Waals surface area contributed by atoms with Crippen LogP contribution in [-0.2, 0) is 42.9 Å². The molecular formula is C24H33NO11. The van der Waals surface area contributed by atoms with E-state index in [1.54, 1.807) is 0 Å². The maximum Gasteiger partial charge on any atom is 0.305 e. The molecule has 0 spiro atoms. The van der Waals surface area contributed by atoms with Crippen LogP contribution in [0, 0.1) is 5.41 Å². The highest BCUT2D eigenvalue weighted by molar-refractivity contribution is 6.23. The van der Waals surface area contributed by atoms with E-state index in [1.165, 1.54) is 6.92 Å². The molecule has 0 aromatic heterocycles. The first-order chi connectivity index (χ1) is 16.5. The van der Waals surface area contributed by atoms with Crippen LogP contribution in [0.2, 0.25) is 0 Å². The van der Waals surface area contributed by atoms with Crippen LogP contribution >= 0.6 is 0 Å². The highest BCUT2D eigenvalue weighted by atomic mass is 16.7. The number of allylic oxidation sites excluding steroid dienone is 2. The maximum atomic E-state index is 13.1. The second kappa shape index (κ2) is 10.9. The minimum atomic E-state index is -2.39. The third-order valence-corrected chi connectivity index (χ3v) is 5.94. The zero-order valence-electron chi connectivity index (χ0n) is 21.4. The number of aliphatic hydroxyl groups is 2. The van der Waals surface area contributed by atoms with Crippen molar-refractivity contribution in [3.8, 4) is 0 Å². The summed E-state index contributed by atoms with van der Waals surface area (Å²) in [6.07, 6.45) is -6.43. The Balaban J connectivity index is 2.70. The van der Waals surface area contributed by atoms with Gasteiger partial charge in [-0.2, -0.15) is 0 Å². The van der Waals surface area contributed by atoms with Gasteiger partial charge in [0, 0.05) is 39.3 Å². The zero-order chi connectivity index (χ0) is 27.6. The third kappa shape index (κ3) is 6.16. The lowest BCUT2D eigenvalue weighted by molar-refractivity contribution is -0.281. The van der Waals surface area contributed by atoms with E-state index in [1.807, 2.05) is 13.8 Å². The average molecular weight is 512 g/mol. The Morgan fingerprint density at radius 1 is 1.00 bits per heavy atom. The van der Waals surface area contributed by atoms with E-state index in [2.05, 4.69) is 4.99 Å². The van der Waals surface area contributed by atoms with E-state index in [0.29, 0.717) is 0 Å². The molecule has 1 heterocycles. The van der Waals surface area contributed by atoms with E-state index in [4.69, 9.17) is 18.9 Å². The van der Waals surface area contributed by atoms with Crippen molar-refractivity contribution in [2.24, 2.45) is 10.4 Å². The van der Waals surface area contributed by atoms with Crippen molar-refractivity contribution in [1.82, 2.24) is 0 Å². The predicted octanol–water partition coefficient (Wildman–Crippen LogP) is 1.12. The van der Waals surface area contributed by atoms with Gasteiger partial charge in [0.05, 0.1) is 5.57 Å². The van der Waals surface area contributed by atoms with Crippen molar-refractivity contribution in [3.05, 3.63) is 11.3 Å². The van der Waals surface area contributed by atoms with E-state index in [9.17, 15) is 34.2 Å². The van der Waals surface area contributed by atoms with Crippen LogP contribution in [0.25, 0.3) is 0 Å². The van der Waals surface area contributed by atoms with E-state index in [-0.39, 0.29) is 29.9 Å². The average Bonchev–Trinajstić information content (AvgIpc) is 2.69. The number of aliphatic imine (C=N–C) groups is 1. The number of ether oxygens (including phenoxy) is 4. The number of hydrogen-bond acceptors (Lipinski definition) is 12. The number of aliphatic hydroxyl groups excluding tert-OH is 2. The minimum Gasteiger partial charge on any atom is -0.511 e. The number of carbonyl (C=O) groups is 5. The molecule has 0 saturated carbocycles. The van der Waals surface area contributed by atoms with Crippen LogP contribution in [0.1, 0.15) is 61.3 Å². The fourth-order valence-corrected chi connectivity index (χ4v) is 4.47. The van der Waals surface area contributed by atoms with Gasteiger partial charge in [0.2, 0.25) is 11.8 Å². The summed E-state index contributed by atoms with van der Waals surface area (Å²) < 4.78 is 21.1. The fourth-order valence-electron chi connectivity index (χ4n) is 4.47. The van der Waals surface area contributed by atoms with Gasteiger partial charge >= 0.3 is 17.9 Å². The summed E-state index contributed by atoms with van der Waals surface area (Å²) >= 11 is 0. The number of hydrogen-bond donors (Lipinski definition) is 2. The molecule has 1 aliphatic heterocycles. The van der Waals surface area contributed by atoms with Gasteiger partial charge in [-0.05, 0) is 19.3 Å². The predicted molar refractivity (Wildman–Crippen MR) is 123 cm³/mol. The Labute approximate surface area is 208 Å². The van der Waals surface area contributed by atoms with Crippen LogP contribution in [0.5, 0.6) is 0 Å².